The molecule has 1 heterocycles. The molecular weight excluding hydrogens is 242 g/mol. The predicted octanol–water partition coefficient (Wildman–Crippen LogP) is 2.29. The lowest BCUT2D eigenvalue weighted by Gasteiger charge is -2.15. The molecule has 19 heavy (non-hydrogen) atoms. The molecular formula is C14H19N3O2. The lowest BCUT2D eigenvalue weighted by Crippen LogP contribution is -2.28. The van der Waals surface area contributed by atoms with Gasteiger partial charge in [-0.15, -0.1) is 0 Å². The Morgan fingerprint density at radius 3 is 2.74 bits per heavy atom. The van der Waals surface area contributed by atoms with Gasteiger partial charge in [-0.1, -0.05) is 11.2 Å². The molecule has 0 saturated heterocycles. The van der Waals surface area contributed by atoms with Gasteiger partial charge in [0.15, 0.2) is 0 Å². The van der Waals surface area contributed by atoms with Crippen molar-refractivity contribution in [2.24, 2.45) is 5.73 Å². The number of nitrogens with two attached hydrogens (primary N) is 1. The van der Waals surface area contributed by atoms with Crippen molar-refractivity contribution in [2.45, 2.75) is 26.2 Å². The van der Waals surface area contributed by atoms with Crippen LogP contribution in [0.25, 0.3) is 11.4 Å². The maximum absolute atomic E-state index is 5.71. The Balaban J connectivity index is 2.44. The van der Waals surface area contributed by atoms with E-state index in [1.165, 1.54) is 0 Å². The van der Waals surface area contributed by atoms with E-state index in [-0.39, 0.29) is 5.41 Å². The Morgan fingerprint density at radius 2 is 2.11 bits per heavy atom. The Bertz CT molecular complexity index is 576. The van der Waals surface area contributed by atoms with Gasteiger partial charge in [0.25, 0.3) is 0 Å². The van der Waals surface area contributed by atoms with E-state index < -0.39 is 0 Å². The Labute approximate surface area is 112 Å². The van der Waals surface area contributed by atoms with Crippen LogP contribution >= 0.6 is 0 Å². The van der Waals surface area contributed by atoms with Crippen LogP contribution < -0.4 is 10.5 Å². The summed E-state index contributed by atoms with van der Waals surface area (Å²) < 4.78 is 10.7. The third kappa shape index (κ3) is 2.61. The highest BCUT2D eigenvalue weighted by atomic mass is 16.5. The minimum atomic E-state index is -0.330. The second-order valence-corrected chi connectivity index (χ2v) is 5.21. The van der Waals surface area contributed by atoms with Gasteiger partial charge in [0.2, 0.25) is 11.7 Å². The van der Waals surface area contributed by atoms with Crippen LogP contribution in [0.5, 0.6) is 5.75 Å². The summed E-state index contributed by atoms with van der Waals surface area (Å²) >= 11 is 0. The lowest BCUT2D eigenvalue weighted by molar-refractivity contribution is 0.311. The third-order valence-electron chi connectivity index (χ3n) is 3.11. The number of aromatic nitrogens is 2. The van der Waals surface area contributed by atoms with Crippen molar-refractivity contribution < 1.29 is 9.26 Å². The zero-order valence-corrected chi connectivity index (χ0v) is 11.7. The predicted molar refractivity (Wildman–Crippen MR) is 73.1 cm³/mol. The number of benzene rings is 1. The molecule has 0 amide bonds. The molecule has 2 N–H and O–H groups in total. The molecule has 0 unspecified atom stereocenters. The average Bonchev–Trinajstić information content (AvgIpc) is 2.88. The molecule has 1 aromatic carbocycles. The molecule has 5 heteroatoms. The Morgan fingerprint density at radius 1 is 1.37 bits per heavy atom. The van der Waals surface area contributed by atoms with Crippen molar-refractivity contribution in [3.63, 3.8) is 0 Å². The molecule has 0 bridgehead atoms. The number of rotatable bonds is 4. The third-order valence-corrected chi connectivity index (χ3v) is 3.11. The average molecular weight is 261 g/mol. The van der Waals surface area contributed by atoms with Gasteiger partial charge in [-0.2, -0.15) is 4.98 Å². The Kier molecular flexibility index (Phi) is 3.57. The molecule has 0 radical (unpaired) electrons. The quantitative estimate of drug-likeness (QED) is 0.914. The minimum Gasteiger partial charge on any atom is -0.496 e. The minimum absolute atomic E-state index is 0.330. The van der Waals surface area contributed by atoms with Gasteiger partial charge in [0.05, 0.1) is 18.1 Å². The van der Waals surface area contributed by atoms with Gasteiger partial charge in [-0.3, -0.25) is 0 Å². The Hall–Kier alpha value is -1.88. The lowest BCUT2D eigenvalue weighted by atomic mass is 9.94. The molecule has 0 atom stereocenters. The topological polar surface area (TPSA) is 74.2 Å². The van der Waals surface area contributed by atoms with Crippen molar-refractivity contribution in [3.05, 3.63) is 29.7 Å². The highest BCUT2D eigenvalue weighted by Crippen LogP contribution is 2.30. The molecule has 0 aliphatic carbocycles. The zero-order chi connectivity index (χ0) is 14.0. The number of hydrogen-bond acceptors (Lipinski definition) is 5. The standard InChI is InChI=1S/C14H19N3O2/c1-9-5-6-10(11(7-9)18-4)12-16-13(19-17-12)14(2,3)8-15/h5-7H,8,15H2,1-4H3. The largest absolute Gasteiger partial charge is 0.496 e. The van der Waals surface area contributed by atoms with Crippen LogP contribution in [0.4, 0.5) is 0 Å². The number of hydrogen-bond donors (Lipinski definition) is 1. The number of aryl methyl sites for hydroxylation is 1. The second-order valence-electron chi connectivity index (χ2n) is 5.21. The molecule has 2 aromatic rings. The first-order valence-corrected chi connectivity index (χ1v) is 6.17. The zero-order valence-electron chi connectivity index (χ0n) is 11.7. The van der Waals surface area contributed by atoms with Crippen LogP contribution in [0, 0.1) is 6.92 Å². The molecule has 2 rings (SSSR count). The normalized spacial score (nSPS) is 11.6. The molecule has 0 spiro atoms. The van der Waals surface area contributed by atoms with E-state index in [1.807, 2.05) is 39.0 Å². The fourth-order valence-electron chi connectivity index (χ4n) is 1.68. The smallest absolute Gasteiger partial charge is 0.233 e. The molecule has 102 valence electrons. The van der Waals surface area contributed by atoms with Crippen molar-refractivity contribution in [2.75, 3.05) is 13.7 Å². The van der Waals surface area contributed by atoms with Crippen molar-refractivity contribution in [1.82, 2.24) is 10.1 Å². The molecule has 0 fully saturated rings. The van der Waals surface area contributed by atoms with Crippen LogP contribution in [0.15, 0.2) is 22.7 Å². The van der Waals surface area contributed by atoms with Crippen molar-refractivity contribution in [1.29, 1.82) is 0 Å². The summed E-state index contributed by atoms with van der Waals surface area (Å²) in [7, 11) is 1.63. The SMILES string of the molecule is COc1cc(C)ccc1-c1noc(C(C)(C)CN)n1. The molecule has 5 nitrogen and oxygen atoms in total. The van der Waals surface area contributed by atoms with Crippen molar-refractivity contribution >= 4 is 0 Å². The van der Waals surface area contributed by atoms with Crippen LogP contribution in [-0.2, 0) is 5.41 Å². The second kappa shape index (κ2) is 5.01. The van der Waals surface area contributed by atoms with Gasteiger partial charge >= 0.3 is 0 Å². The summed E-state index contributed by atoms with van der Waals surface area (Å²) in [6.45, 7) is 6.39. The number of ether oxygens (including phenoxy) is 1. The van der Waals surface area contributed by atoms with E-state index in [2.05, 4.69) is 10.1 Å². The van der Waals surface area contributed by atoms with Gasteiger partial charge in [-0.05, 0) is 38.5 Å². The van der Waals surface area contributed by atoms with Gasteiger partial charge in [0, 0.05) is 6.54 Å². The van der Waals surface area contributed by atoms with E-state index in [4.69, 9.17) is 15.0 Å². The monoisotopic (exact) mass is 261 g/mol. The molecule has 0 aliphatic rings. The van der Waals surface area contributed by atoms with E-state index in [1.54, 1.807) is 7.11 Å². The van der Waals surface area contributed by atoms with E-state index in [0.717, 1.165) is 16.9 Å². The van der Waals surface area contributed by atoms with E-state index in [0.29, 0.717) is 18.3 Å². The van der Waals surface area contributed by atoms with E-state index in [9.17, 15) is 0 Å². The van der Waals surface area contributed by atoms with E-state index >= 15 is 0 Å². The highest BCUT2D eigenvalue weighted by Gasteiger charge is 2.26. The summed E-state index contributed by atoms with van der Waals surface area (Å²) in [5.74, 6) is 1.79. The van der Waals surface area contributed by atoms with Crippen LogP contribution in [0.2, 0.25) is 0 Å². The number of methoxy groups -OCH3 is 1. The first-order valence-electron chi connectivity index (χ1n) is 6.17. The summed E-state index contributed by atoms with van der Waals surface area (Å²) in [4.78, 5) is 4.42. The van der Waals surface area contributed by atoms with Gasteiger partial charge in [-0.25, -0.2) is 0 Å². The van der Waals surface area contributed by atoms with Crippen LogP contribution in [0.3, 0.4) is 0 Å². The highest BCUT2D eigenvalue weighted by molar-refractivity contribution is 5.64. The van der Waals surface area contributed by atoms with Crippen LogP contribution in [-0.4, -0.2) is 23.8 Å². The van der Waals surface area contributed by atoms with Crippen LogP contribution in [0.1, 0.15) is 25.3 Å². The number of nitrogens with zero attached hydrogens (tertiary/aromatic N) is 2. The summed E-state index contributed by atoms with van der Waals surface area (Å²) in [6.07, 6.45) is 0. The molecule has 1 aromatic heterocycles. The van der Waals surface area contributed by atoms with Gasteiger partial charge < -0.3 is 15.0 Å². The summed E-state index contributed by atoms with van der Waals surface area (Å²) in [5.41, 5.74) is 7.31. The first kappa shape index (κ1) is 13.5. The molecule has 0 saturated carbocycles. The summed E-state index contributed by atoms with van der Waals surface area (Å²) in [6, 6.07) is 5.86. The fourth-order valence-corrected chi connectivity index (χ4v) is 1.68. The van der Waals surface area contributed by atoms with Gasteiger partial charge in [0.1, 0.15) is 5.75 Å². The maximum Gasteiger partial charge on any atom is 0.233 e. The maximum atomic E-state index is 5.71. The van der Waals surface area contributed by atoms with Crippen molar-refractivity contribution in [3.8, 4) is 17.1 Å². The summed E-state index contributed by atoms with van der Waals surface area (Å²) in [5, 5.41) is 4.02. The fraction of sp³-hybridized carbons (Fsp3) is 0.429. The first-order chi connectivity index (χ1) is 8.97. The molecule has 0 aliphatic heterocycles.